The van der Waals surface area contributed by atoms with E-state index in [1.165, 1.54) is 0 Å². The van der Waals surface area contributed by atoms with Gasteiger partial charge in [-0.3, -0.25) is 0 Å². The van der Waals surface area contributed by atoms with Crippen LogP contribution in [-0.4, -0.2) is 22.2 Å². The van der Waals surface area contributed by atoms with E-state index >= 15 is 0 Å². The predicted molar refractivity (Wildman–Crippen MR) is 76.6 cm³/mol. The molecule has 0 bridgehead atoms. The summed E-state index contributed by atoms with van der Waals surface area (Å²) in [5.74, 6) is 0.784. The second-order valence-electron chi connectivity index (χ2n) is 6.40. The van der Waals surface area contributed by atoms with Crippen LogP contribution < -0.4 is 0 Å². The fraction of sp³-hybridized carbons (Fsp3) is 0.750. The van der Waals surface area contributed by atoms with Crippen molar-refractivity contribution in [3.63, 3.8) is 0 Å². The van der Waals surface area contributed by atoms with E-state index in [-0.39, 0.29) is 0 Å². The molecule has 17 heavy (non-hydrogen) atoms. The van der Waals surface area contributed by atoms with Crippen molar-refractivity contribution in [1.29, 1.82) is 5.26 Å². The largest absolute Gasteiger partial charge is 0.548 e. The normalized spacial score (nSPS) is 17.2. The number of hydrogen-bond donors (Lipinski definition) is 0. The summed E-state index contributed by atoms with van der Waals surface area (Å²) in [4.78, 5) is 0. The topological polar surface area (TPSA) is 42.2 Å². The maximum Gasteiger partial charge on any atom is 0.241 e. The summed E-state index contributed by atoms with van der Waals surface area (Å²) >= 11 is 0. The van der Waals surface area contributed by atoms with Crippen LogP contribution in [0.5, 0.6) is 0 Å². The van der Waals surface area contributed by atoms with E-state index in [9.17, 15) is 5.26 Å². The Labute approximate surface area is 108 Å². The zero-order chi connectivity index (χ0) is 13.9. The second kappa shape index (κ2) is 5.38. The van der Waals surface area contributed by atoms with Gasteiger partial charge in [0, 0.05) is 0 Å². The molecule has 0 N–H and O–H groups in total. The van der Waals surface area contributed by atoms with Crippen LogP contribution in [0.2, 0.25) is 39.3 Å². The highest BCUT2D eigenvalue weighted by atomic mass is 28.4. The molecule has 0 heterocycles. The molecule has 0 saturated heterocycles. The van der Waals surface area contributed by atoms with Crippen molar-refractivity contribution in [3.8, 4) is 6.07 Å². The first-order valence-corrected chi connectivity index (χ1v) is 12.7. The molecular weight excluding hydrogens is 246 g/mol. The van der Waals surface area contributed by atoms with Gasteiger partial charge < -0.3 is 8.85 Å². The van der Waals surface area contributed by atoms with E-state index in [0.717, 1.165) is 5.76 Å². The first-order valence-electron chi connectivity index (χ1n) is 5.87. The fourth-order valence-corrected chi connectivity index (χ4v) is 4.02. The van der Waals surface area contributed by atoms with Gasteiger partial charge in [0.2, 0.25) is 8.32 Å². The van der Waals surface area contributed by atoms with Crippen molar-refractivity contribution in [1.82, 2.24) is 0 Å². The number of allylic oxidation sites excluding steroid dienone is 1. The van der Waals surface area contributed by atoms with Gasteiger partial charge in [-0.2, -0.15) is 5.26 Å². The molecular formula is C12H25NO2Si2. The Morgan fingerprint density at radius 2 is 1.59 bits per heavy atom. The zero-order valence-corrected chi connectivity index (χ0v) is 14.3. The van der Waals surface area contributed by atoms with Crippen molar-refractivity contribution >= 4 is 16.6 Å². The maximum atomic E-state index is 9.25. The summed E-state index contributed by atoms with van der Waals surface area (Å²) in [6, 6.07) is 2.22. The highest BCUT2D eigenvalue weighted by Crippen LogP contribution is 2.22. The summed E-state index contributed by atoms with van der Waals surface area (Å²) in [6.45, 7) is 16.3. The molecule has 1 atom stereocenters. The molecule has 0 saturated carbocycles. The highest BCUT2D eigenvalue weighted by Gasteiger charge is 2.30. The quantitative estimate of drug-likeness (QED) is 0.563. The summed E-state index contributed by atoms with van der Waals surface area (Å²) in [5.41, 5.74) is -0.881. The van der Waals surface area contributed by atoms with Gasteiger partial charge >= 0.3 is 0 Å². The molecule has 0 spiro atoms. The lowest BCUT2D eigenvalue weighted by Crippen LogP contribution is -2.38. The molecule has 0 fully saturated rings. The van der Waals surface area contributed by atoms with Crippen molar-refractivity contribution in [2.45, 2.75) is 58.7 Å². The molecule has 0 aromatic heterocycles. The van der Waals surface area contributed by atoms with Crippen LogP contribution in [0.4, 0.5) is 0 Å². The van der Waals surface area contributed by atoms with Crippen molar-refractivity contribution in [3.05, 3.63) is 11.8 Å². The van der Waals surface area contributed by atoms with Crippen molar-refractivity contribution in [2.24, 2.45) is 0 Å². The van der Waals surface area contributed by atoms with Crippen LogP contribution >= 0.6 is 0 Å². The van der Waals surface area contributed by atoms with Gasteiger partial charge in [-0.25, -0.2) is 0 Å². The lowest BCUT2D eigenvalue weighted by atomic mass is 10.1. The first-order chi connectivity index (χ1) is 7.37. The van der Waals surface area contributed by atoms with Crippen molar-refractivity contribution < 1.29 is 8.85 Å². The molecule has 0 radical (unpaired) electrons. The van der Waals surface area contributed by atoms with Gasteiger partial charge in [-0.05, 0) is 59.2 Å². The SMILES string of the molecule is C/C(=C\C(C)(C#N)O[Si](C)(C)C)O[Si](C)(C)C. The molecule has 3 nitrogen and oxygen atoms in total. The Bertz CT molecular complexity index is 334. The van der Waals surface area contributed by atoms with E-state index in [4.69, 9.17) is 8.85 Å². The Kier molecular flexibility index (Phi) is 5.20. The van der Waals surface area contributed by atoms with Gasteiger partial charge in [-0.15, -0.1) is 0 Å². The summed E-state index contributed by atoms with van der Waals surface area (Å²) in [6.07, 6.45) is 1.80. The summed E-state index contributed by atoms with van der Waals surface area (Å²) < 4.78 is 11.7. The van der Waals surface area contributed by atoms with E-state index in [0.29, 0.717) is 0 Å². The molecule has 5 heteroatoms. The lowest BCUT2D eigenvalue weighted by molar-refractivity contribution is 0.187. The third-order valence-electron chi connectivity index (χ3n) is 1.69. The first kappa shape index (κ1) is 16.4. The van der Waals surface area contributed by atoms with Gasteiger partial charge in [-0.1, -0.05) is 0 Å². The minimum Gasteiger partial charge on any atom is -0.548 e. The van der Waals surface area contributed by atoms with Crippen LogP contribution in [-0.2, 0) is 8.85 Å². The average molecular weight is 272 g/mol. The van der Waals surface area contributed by atoms with E-state index in [1.807, 2.05) is 6.92 Å². The minimum atomic E-state index is -1.75. The monoisotopic (exact) mass is 271 g/mol. The van der Waals surface area contributed by atoms with Crippen molar-refractivity contribution in [2.75, 3.05) is 0 Å². The van der Waals surface area contributed by atoms with Crippen LogP contribution in [0, 0.1) is 11.3 Å². The van der Waals surface area contributed by atoms with Crippen LogP contribution in [0.15, 0.2) is 11.8 Å². The van der Waals surface area contributed by atoms with Crippen LogP contribution in [0.3, 0.4) is 0 Å². The number of hydrogen-bond acceptors (Lipinski definition) is 3. The fourth-order valence-electron chi connectivity index (χ4n) is 1.62. The average Bonchev–Trinajstić information content (AvgIpc) is 1.95. The van der Waals surface area contributed by atoms with E-state index in [2.05, 4.69) is 45.4 Å². The molecule has 0 aromatic carbocycles. The third-order valence-corrected chi connectivity index (χ3v) is 3.66. The molecule has 0 aliphatic carbocycles. The highest BCUT2D eigenvalue weighted by molar-refractivity contribution is 6.70. The number of nitrogens with zero attached hydrogens (tertiary/aromatic N) is 1. The summed E-state index contributed by atoms with van der Waals surface area (Å²) in [7, 11) is -3.36. The Morgan fingerprint density at radius 3 is 1.88 bits per heavy atom. The number of nitriles is 1. The molecule has 0 aromatic rings. The second-order valence-corrected chi connectivity index (χ2v) is 15.3. The molecule has 98 valence electrons. The molecule has 1 unspecified atom stereocenters. The maximum absolute atomic E-state index is 9.25. The lowest BCUT2D eigenvalue weighted by Gasteiger charge is -2.29. The van der Waals surface area contributed by atoms with Gasteiger partial charge in [0.25, 0.3) is 0 Å². The van der Waals surface area contributed by atoms with Crippen LogP contribution in [0.25, 0.3) is 0 Å². The van der Waals surface area contributed by atoms with E-state index < -0.39 is 22.2 Å². The molecule has 0 aliphatic heterocycles. The molecule has 0 amide bonds. The standard InChI is InChI=1S/C12H25NO2Si2/c1-11(14-16(3,4)5)9-12(2,10-13)15-17(6,7)8/h9H,1-8H3/b11-9+. The van der Waals surface area contributed by atoms with E-state index in [1.54, 1.807) is 13.0 Å². The minimum absolute atomic E-state index is 0.784. The predicted octanol–water partition coefficient (Wildman–Crippen LogP) is 3.88. The Morgan fingerprint density at radius 1 is 1.12 bits per heavy atom. The van der Waals surface area contributed by atoms with Gasteiger partial charge in [0.05, 0.1) is 5.76 Å². The van der Waals surface area contributed by atoms with Crippen LogP contribution in [0.1, 0.15) is 13.8 Å². The Hall–Kier alpha value is -0.576. The number of rotatable bonds is 5. The molecule has 0 aliphatic rings. The summed E-state index contributed by atoms with van der Waals surface area (Å²) in [5, 5.41) is 9.25. The smallest absolute Gasteiger partial charge is 0.241 e. The zero-order valence-electron chi connectivity index (χ0n) is 12.3. The molecule has 0 rings (SSSR count). The Balaban J connectivity index is 4.92. The third kappa shape index (κ3) is 8.19. The van der Waals surface area contributed by atoms with Gasteiger partial charge in [0.15, 0.2) is 13.9 Å². The van der Waals surface area contributed by atoms with Gasteiger partial charge in [0.1, 0.15) is 6.07 Å².